The van der Waals surface area contributed by atoms with E-state index in [-0.39, 0.29) is 15.8 Å². The minimum atomic E-state index is -3.57. The lowest BCUT2D eigenvalue weighted by atomic mass is 10.4. The molecule has 15 heavy (non-hydrogen) atoms. The Labute approximate surface area is 91.8 Å². The smallest absolute Gasteiger partial charge is 0.336 e. The Bertz CT molecular complexity index is 461. The first-order valence-corrected chi connectivity index (χ1v) is 6.53. The highest BCUT2D eigenvalue weighted by Gasteiger charge is 2.19. The number of hydrogen-bond donors (Lipinski definition) is 2. The van der Waals surface area contributed by atoms with Gasteiger partial charge in [-0.3, -0.25) is 0 Å². The summed E-state index contributed by atoms with van der Waals surface area (Å²) in [6, 6.07) is 0.933. The van der Waals surface area contributed by atoms with Gasteiger partial charge in [-0.2, -0.15) is 0 Å². The monoisotopic (exact) mass is 249 g/mol. The topological polar surface area (TPSA) is 83.5 Å². The Morgan fingerprint density at radius 3 is 2.53 bits per heavy atom. The SMILES string of the molecule is CC(C)NS(=O)(=O)c1cc(C(=O)O)cs1. The lowest BCUT2D eigenvalue weighted by Crippen LogP contribution is -2.29. The van der Waals surface area contributed by atoms with Crippen molar-refractivity contribution in [2.75, 3.05) is 0 Å². The van der Waals surface area contributed by atoms with Gasteiger partial charge in [0.2, 0.25) is 10.0 Å². The van der Waals surface area contributed by atoms with Crippen molar-refractivity contribution in [1.82, 2.24) is 4.72 Å². The van der Waals surface area contributed by atoms with E-state index < -0.39 is 16.0 Å². The van der Waals surface area contributed by atoms with Crippen LogP contribution in [0.25, 0.3) is 0 Å². The molecule has 84 valence electrons. The van der Waals surface area contributed by atoms with Crippen molar-refractivity contribution < 1.29 is 18.3 Å². The Balaban J connectivity index is 3.01. The van der Waals surface area contributed by atoms with Gasteiger partial charge in [0, 0.05) is 11.4 Å². The molecular formula is C8H11NO4S2. The van der Waals surface area contributed by atoms with Crippen LogP contribution in [0.1, 0.15) is 24.2 Å². The molecule has 0 saturated carbocycles. The first kappa shape index (κ1) is 12.2. The van der Waals surface area contributed by atoms with E-state index in [2.05, 4.69) is 4.72 Å². The van der Waals surface area contributed by atoms with E-state index in [0.717, 1.165) is 17.4 Å². The molecule has 0 aromatic carbocycles. The Kier molecular flexibility index (Phi) is 3.48. The van der Waals surface area contributed by atoms with E-state index in [9.17, 15) is 13.2 Å². The quantitative estimate of drug-likeness (QED) is 0.838. The summed E-state index contributed by atoms with van der Waals surface area (Å²) >= 11 is 0.896. The normalized spacial score (nSPS) is 11.9. The van der Waals surface area contributed by atoms with Crippen molar-refractivity contribution in [2.45, 2.75) is 24.1 Å². The first-order valence-electron chi connectivity index (χ1n) is 4.17. The predicted molar refractivity (Wildman–Crippen MR) is 56.7 cm³/mol. The van der Waals surface area contributed by atoms with Gasteiger partial charge in [0.1, 0.15) is 4.21 Å². The van der Waals surface area contributed by atoms with Gasteiger partial charge in [-0.05, 0) is 19.9 Å². The number of rotatable bonds is 4. The second-order valence-corrected chi connectivity index (χ2v) is 6.09. The third-order valence-corrected chi connectivity index (χ3v) is 4.58. The number of carboxylic acid groups (broad SMARTS) is 1. The fourth-order valence-corrected chi connectivity index (χ4v) is 3.36. The van der Waals surface area contributed by atoms with Crippen molar-refractivity contribution >= 4 is 27.3 Å². The van der Waals surface area contributed by atoms with Gasteiger partial charge >= 0.3 is 5.97 Å². The molecule has 0 saturated heterocycles. The molecular weight excluding hydrogens is 238 g/mol. The van der Waals surface area contributed by atoms with Crippen LogP contribution in [0, 0.1) is 0 Å². The molecule has 0 aliphatic carbocycles. The zero-order valence-electron chi connectivity index (χ0n) is 8.22. The molecule has 0 atom stereocenters. The highest BCUT2D eigenvalue weighted by atomic mass is 32.2. The molecule has 0 aliphatic heterocycles. The molecule has 1 heterocycles. The number of carboxylic acids is 1. The van der Waals surface area contributed by atoms with Gasteiger partial charge in [-0.15, -0.1) is 11.3 Å². The zero-order valence-corrected chi connectivity index (χ0v) is 9.85. The van der Waals surface area contributed by atoms with Gasteiger partial charge in [-0.1, -0.05) is 0 Å². The van der Waals surface area contributed by atoms with E-state index >= 15 is 0 Å². The highest BCUT2D eigenvalue weighted by Crippen LogP contribution is 2.20. The summed E-state index contributed by atoms with van der Waals surface area (Å²) in [5.74, 6) is -1.13. The maximum absolute atomic E-state index is 11.6. The zero-order chi connectivity index (χ0) is 11.6. The maximum Gasteiger partial charge on any atom is 0.336 e. The number of sulfonamides is 1. The summed E-state index contributed by atoms with van der Waals surface area (Å²) in [6.07, 6.45) is 0. The fraction of sp³-hybridized carbons (Fsp3) is 0.375. The van der Waals surface area contributed by atoms with Crippen LogP contribution in [0.5, 0.6) is 0 Å². The number of hydrogen-bond acceptors (Lipinski definition) is 4. The number of carbonyl (C=O) groups is 1. The van der Waals surface area contributed by atoms with Crippen LogP contribution in [-0.2, 0) is 10.0 Å². The molecule has 0 unspecified atom stereocenters. The summed E-state index contributed by atoms with van der Waals surface area (Å²) in [5.41, 5.74) is -0.0101. The second kappa shape index (κ2) is 4.30. The van der Waals surface area contributed by atoms with Gasteiger partial charge in [0.15, 0.2) is 0 Å². The highest BCUT2D eigenvalue weighted by molar-refractivity contribution is 7.91. The van der Waals surface area contributed by atoms with E-state index in [1.807, 2.05) is 0 Å². The maximum atomic E-state index is 11.6. The van der Waals surface area contributed by atoms with E-state index in [4.69, 9.17) is 5.11 Å². The van der Waals surface area contributed by atoms with Crippen molar-refractivity contribution in [1.29, 1.82) is 0 Å². The average molecular weight is 249 g/mol. The molecule has 2 N–H and O–H groups in total. The van der Waals surface area contributed by atoms with Crippen molar-refractivity contribution in [3.8, 4) is 0 Å². The van der Waals surface area contributed by atoms with Gasteiger partial charge < -0.3 is 5.11 Å². The Morgan fingerprint density at radius 2 is 2.13 bits per heavy atom. The van der Waals surface area contributed by atoms with Crippen molar-refractivity contribution in [3.63, 3.8) is 0 Å². The summed E-state index contributed by atoms with van der Waals surface area (Å²) in [4.78, 5) is 10.6. The third kappa shape index (κ3) is 3.01. The lowest BCUT2D eigenvalue weighted by Gasteiger charge is -2.06. The van der Waals surface area contributed by atoms with E-state index in [0.29, 0.717) is 0 Å². The van der Waals surface area contributed by atoms with Crippen LogP contribution in [0.2, 0.25) is 0 Å². The molecule has 1 aromatic rings. The van der Waals surface area contributed by atoms with Crippen molar-refractivity contribution in [3.05, 3.63) is 17.0 Å². The van der Waals surface area contributed by atoms with Crippen LogP contribution in [-0.4, -0.2) is 25.5 Å². The van der Waals surface area contributed by atoms with Gasteiger partial charge in [0.05, 0.1) is 5.56 Å². The first-order chi connectivity index (χ1) is 6.83. The molecule has 1 aromatic heterocycles. The van der Waals surface area contributed by atoms with Crippen LogP contribution in [0.4, 0.5) is 0 Å². The Morgan fingerprint density at radius 1 is 1.53 bits per heavy atom. The molecule has 0 spiro atoms. The summed E-state index contributed by atoms with van der Waals surface area (Å²) in [5, 5.41) is 9.94. The molecule has 0 fully saturated rings. The summed E-state index contributed by atoms with van der Waals surface area (Å²) in [6.45, 7) is 3.40. The number of aromatic carboxylic acids is 1. The van der Waals surface area contributed by atoms with Gasteiger partial charge in [-0.25, -0.2) is 17.9 Å². The average Bonchev–Trinajstić information content (AvgIpc) is 2.48. The van der Waals surface area contributed by atoms with E-state index in [1.165, 1.54) is 5.38 Å². The van der Waals surface area contributed by atoms with Gasteiger partial charge in [0.25, 0.3) is 0 Å². The molecule has 5 nitrogen and oxygen atoms in total. The van der Waals surface area contributed by atoms with Crippen molar-refractivity contribution in [2.24, 2.45) is 0 Å². The fourth-order valence-electron chi connectivity index (χ4n) is 0.938. The van der Waals surface area contributed by atoms with Crippen LogP contribution < -0.4 is 4.72 Å². The third-order valence-electron chi connectivity index (χ3n) is 1.48. The standard InChI is InChI=1S/C8H11NO4S2/c1-5(2)9-15(12,13)7-3-6(4-14-7)8(10)11/h3-5,9H,1-2H3,(H,10,11). The molecule has 7 heteroatoms. The minimum Gasteiger partial charge on any atom is -0.478 e. The summed E-state index contributed by atoms with van der Waals surface area (Å²) in [7, 11) is -3.57. The minimum absolute atomic E-state index is 0.0101. The second-order valence-electron chi connectivity index (χ2n) is 3.24. The molecule has 0 radical (unpaired) electrons. The molecule has 0 amide bonds. The van der Waals surface area contributed by atoms with Crippen LogP contribution >= 0.6 is 11.3 Å². The Hall–Kier alpha value is -0.920. The lowest BCUT2D eigenvalue weighted by molar-refractivity contribution is 0.0697. The predicted octanol–water partition coefficient (Wildman–Crippen LogP) is 1.13. The largest absolute Gasteiger partial charge is 0.478 e. The number of nitrogens with one attached hydrogen (secondary N) is 1. The molecule has 1 rings (SSSR count). The molecule has 0 bridgehead atoms. The summed E-state index contributed by atoms with van der Waals surface area (Å²) < 4.78 is 25.6. The number of thiophene rings is 1. The molecule has 0 aliphatic rings. The van der Waals surface area contributed by atoms with E-state index in [1.54, 1.807) is 13.8 Å². The van der Waals surface area contributed by atoms with Crippen LogP contribution in [0.3, 0.4) is 0 Å². The van der Waals surface area contributed by atoms with Crippen LogP contribution in [0.15, 0.2) is 15.7 Å².